The Morgan fingerprint density at radius 2 is 2.35 bits per heavy atom. The zero-order valence-electron chi connectivity index (χ0n) is 9.51. The van der Waals surface area contributed by atoms with Crippen LogP contribution >= 0.6 is 11.8 Å². The predicted octanol–water partition coefficient (Wildman–Crippen LogP) is 2.42. The highest BCUT2D eigenvalue weighted by molar-refractivity contribution is 7.99. The largest absolute Gasteiger partial charge is 0.431 e. The van der Waals surface area contributed by atoms with Crippen molar-refractivity contribution >= 4 is 22.9 Å². The van der Waals surface area contributed by atoms with Crippen LogP contribution in [0.1, 0.15) is 6.92 Å². The maximum Gasteiger partial charge on any atom is 0.256 e. The molecule has 1 unspecified atom stereocenters. The van der Waals surface area contributed by atoms with E-state index in [0.29, 0.717) is 11.0 Å². The second kappa shape index (κ2) is 5.71. The molecule has 1 atom stereocenters. The first-order valence-corrected chi connectivity index (χ1v) is 6.43. The lowest BCUT2D eigenvalue weighted by molar-refractivity contribution is 0.489. The summed E-state index contributed by atoms with van der Waals surface area (Å²) in [5, 5.41) is 12.6. The van der Waals surface area contributed by atoms with Crippen LogP contribution in [0.2, 0.25) is 0 Å². The van der Waals surface area contributed by atoms with E-state index in [4.69, 9.17) is 9.68 Å². The fraction of sp³-hybridized carbons (Fsp3) is 0.333. The lowest BCUT2D eigenvalue weighted by Crippen LogP contribution is -2.29. The Labute approximate surface area is 104 Å². The molecule has 88 valence electrons. The van der Waals surface area contributed by atoms with E-state index in [0.717, 1.165) is 17.6 Å². The number of rotatable bonds is 5. The van der Waals surface area contributed by atoms with Crippen molar-refractivity contribution in [2.45, 2.75) is 18.2 Å². The normalized spacial score (nSPS) is 12.5. The zero-order chi connectivity index (χ0) is 12.1. The summed E-state index contributed by atoms with van der Waals surface area (Å²) >= 11 is 1.46. The van der Waals surface area contributed by atoms with Crippen LogP contribution in [0.3, 0.4) is 0 Å². The number of nitriles is 1. The molecule has 4 nitrogen and oxygen atoms in total. The van der Waals surface area contributed by atoms with Gasteiger partial charge < -0.3 is 9.73 Å². The van der Waals surface area contributed by atoms with Gasteiger partial charge in [0.15, 0.2) is 5.58 Å². The molecular weight excluding hydrogens is 234 g/mol. The number of para-hydroxylation sites is 2. The fourth-order valence-electron chi connectivity index (χ4n) is 1.46. The average molecular weight is 247 g/mol. The van der Waals surface area contributed by atoms with Gasteiger partial charge in [-0.25, -0.2) is 4.98 Å². The van der Waals surface area contributed by atoms with E-state index in [1.54, 1.807) is 0 Å². The third-order valence-electron chi connectivity index (χ3n) is 2.25. The molecule has 1 N–H and O–H groups in total. The van der Waals surface area contributed by atoms with E-state index < -0.39 is 0 Å². The molecule has 0 aliphatic rings. The Morgan fingerprint density at radius 1 is 1.53 bits per heavy atom. The molecule has 0 radical (unpaired) electrons. The third-order valence-corrected chi connectivity index (χ3v) is 3.18. The van der Waals surface area contributed by atoms with E-state index in [1.165, 1.54) is 11.8 Å². The highest BCUT2D eigenvalue weighted by Gasteiger charge is 2.10. The van der Waals surface area contributed by atoms with Crippen LogP contribution in [0.4, 0.5) is 0 Å². The smallest absolute Gasteiger partial charge is 0.256 e. The Kier molecular flexibility index (Phi) is 4.02. The lowest BCUT2D eigenvalue weighted by atomic mass is 10.3. The number of oxazole rings is 1. The van der Waals surface area contributed by atoms with Crippen molar-refractivity contribution in [2.24, 2.45) is 0 Å². The van der Waals surface area contributed by atoms with E-state index >= 15 is 0 Å². The molecule has 2 aromatic rings. The Balaban J connectivity index is 2.01. The molecule has 0 saturated heterocycles. The van der Waals surface area contributed by atoms with E-state index in [2.05, 4.69) is 16.4 Å². The number of hydrogen-bond acceptors (Lipinski definition) is 5. The summed E-state index contributed by atoms with van der Waals surface area (Å²) in [5.74, 6) is 0.636. The molecule has 0 amide bonds. The summed E-state index contributed by atoms with van der Waals surface area (Å²) in [7, 11) is 0. The first-order valence-electron chi connectivity index (χ1n) is 5.45. The van der Waals surface area contributed by atoms with Crippen LogP contribution in [0.5, 0.6) is 0 Å². The molecule has 1 aromatic carbocycles. The summed E-state index contributed by atoms with van der Waals surface area (Å²) < 4.78 is 5.56. The minimum atomic E-state index is -0.167. The van der Waals surface area contributed by atoms with Gasteiger partial charge in [0.2, 0.25) is 0 Å². The zero-order valence-corrected chi connectivity index (χ0v) is 10.3. The minimum Gasteiger partial charge on any atom is -0.431 e. The van der Waals surface area contributed by atoms with Crippen LogP contribution in [-0.4, -0.2) is 23.3 Å². The monoisotopic (exact) mass is 247 g/mol. The topological polar surface area (TPSA) is 61.9 Å². The number of nitrogens with zero attached hydrogens (tertiary/aromatic N) is 2. The SMILES string of the molecule is CCNC(C#N)CSc1nc2ccccc2o1. The lowest BCUT2D eigenvalue weighted by Gasteiger charge is -2.06. The van der Waals surface area contributed by atoms with Crippen LogP contribution in [-0.2, 0) is 0 Å². The van der Waals surface area contributed by atoms with Crippen molar-refractivity contribution in [3.8, 4) is 6.07 Å². The van der Waals surface area contributed by atoms with Crippen molar-refractivity contribution in [3.05, 3.63) is 24.3 Å². The molecule has 0 fully saturated rings. The molecule has 0 aliphatic heterocycles. The molecule has 17 heavy (non-hydrogen) atoms. The first-order chi connectivity index (χ1) is 8.33. The van der Waals surface area contributed by atoms with Gasteiger partial charge in [-0.1, -0.05) is 30.8 Å². The summed E-state index contributed by atoms with van der Waals surface area (Å²) in [4.78, 5) is 4.34. The first kappa shape index (κ1) is 12.0. The summed E-state index contributed by atoms with van der Waals surface area (Å²) in [6, 6.07) is 9.68. The number of nitrogens with one attached hydrogen (secondary N) is 1. The van der Waals surface area contributed by atoms with Gasteiger partial charge in [-0.2, -0.15) is 5.26 Å². The molecule has 0 bridgehead atoms. The molecule has 0 saturated carbocycles. The molecule has 0 spiro atoms. The van der Waals surface area contributed by atoms with Gasteiger partial charge in [-0.3, -0.25) is 0 Å². The maximum atomic E-state index is 8.90. The molecule has 1 aromatic heterocycles. The maximum absolute atomic E-state index is 8.90. The highest BCUT2D eigenvalue weighted by Crippen LogP contribution is 2.23. The van der Waals surface area contributed by atoms with Gasteiger partial charge in [0, 0.05) is 5.75 Å². The predicted molar refractivity (Wildman–Crippen MR) is 67.8 cm³/mol. The van der Waals surface area contributed by atoms with Crippen molar-refractivity contribution in [3.63, 3.8) is 0 Å². The van der Waals surface area contributed by atoms with Crippen LogP contribution in [0, 0.1) is 11.3 Å². The van der Waals surface area contributed by atoms with Crippen molar-refractivity contribution < 1.29 is 4.42 Å². The second-order valence-electron chi connectivity index (χ2n) is 3.50. The third kappa shape index (κ3) is 2.99. The Morgan fingerprint density at radius 3 is 3.06 bits per heavy atom. The molecule has 0 aliphatic carbocycles. The van der Waals surface area contributed by atoms with Gasteiger partial charge in [0.1, 0.15) is 11.6 Å². The van der Waals surface area contributed by atoms with E-state index in [9.17, 15) is 0 Å². The van der Waals surface area contributed by atoms with Crippen molar-refractivity contribution in [2.75, 3.05) is 12.3 Å². The standard InChI is InChI=1S/C12H13N3OS/c1-2-14-9(7-13)8-17-12-15-10-5-3-4-6-11(10)16-12/h3-6,9,14H,2,8H2,1H3. The van der Waals surface area contributed by atoms with Gasteiger partial charge in [-0.15, -0.1) is 0 Å². The van der Waals surface area contributed by atoms with E-state index in [-0.39, 0.29) is 6.04 Å². The summed E-state index contributed by atoms with van der Waals surface area (Å²) in [6.07, 6.45) is 0. The van der Waals surface area contributed by atoms with E-state index in [1.807, 2.05) is 31.2 Å². The van der Waals surface area contributed by atoms with Crippen molar-refractivity contribution in [1.82, 2.24) is 10.3 Å². The second-order valence-corrected chi connectivity index (χ2v) is 4.47. The van der Waals surface area contributed by atoms with Crippen LogP contribution < -0.4 is 5.32 Å². The van der Waals surface area contributed by atoms with Gasteiger partial charge >= 0.3 is 0 Å². The van der Waals surface area contributed by atoms with Crippen molar-refractivity contribution in [1.29, 1.82) is 5.26 Å². The minimum absolute atomic E-state index is 0.167. The number of thioether (sulfide) groups is 1. The van der Waals surface area contributed by atoms with Crippen LogP contribution in [0.15, 0.2) is 33.9 Å². The quantitative estimate of drug-likeness (QED) is 0.822. The van der Waals surface area contributed by atoms with Gasteiger partial charge in [0.25, 0.3) is 5.22 Å². The Bertz CT molecular complexity index is 499. The van der Waals surface area contributed by atoms with Gasteiger partial charge in [-0.05, 0) is 18.7 Å². The summed E-state index contributed by atoms with van der Waals surface area (Å²) in [6.45, 7) is 2.76. The number of benzene rings is 1. The number of aromatic nitrogens is 1. The highest BCUT2D eigenvalue weighted by atomic mass is 32.2. The van der Waals surface area contributed by atoms with Gasteiger partial charge in [0.05, 0.1) is 6.07 Å². The molecule has 5 heteroatoms. The number of hydrogen-bond donors (Lipinski definition) is 1. The Hall–Kier alpha value is -1.51. The molecular formula is C12H13N3OS. The molecule has 2 rings (SSSR count). The summed E-state index contributed by atoms with van der Waals surface area (Å²) in [5.41, 5.74) is 1.64. The average Bonchev–Trinajstić information content (AvgIpc) is 2.77. The number of fused-ring (bicyclic) bond motifs is 1. The molecule has 1 heterocycles. The fourth-order valence-corrected chi connectivity index (χ4v) is 2.27. The van der Waals surface area contributed by atoms with Crippen LogP contribution in [0.25, 0.3) is 11.1 Å².